The number of anilines is 1. The van der Waals surface area contributed by atoms with Crippen molar-refractivity contribution in [2.24, 2.45) is 0 Å². The molecule has 3 rings (SSSR count). The minimum absolute atomic E-state index is 0.908. The highest BCUT2D eigenvalue weighted by Gasteiger charge is 2.17. The van der Waals surface area contributed by atoms with E-state index in [0.717, 1.165) is 44.2 Å². The van der Waals surface area contributed by atoms with E-state index in [0.29, 0.717) is 0 Å². The molecule has 0 unspecified atom stereocenters. The molecule has 4 heteroatoms. The number of piperazine rings is 1. The van der Waals surface area contributed by atoms with Crippen LogP contribution in [-0.4, -0.2) is 45.3 Å². The number of methoxy groups -OCH3 is 2. The summed E-state index contributed by atoms with van der Waals surface area (Å²) >= 11 is 0. The van der Waals surface area contributed by atoms with Crippen LogP contribution in [0, 0.1) is 0 Å². The maximum atomic E-state index is 5.30. The van der Waals surface area contributed by atoms with E-state index in [1.54, 1.807) is 14.2 Å². The summed E-state index contributed by atoms with van der Waals surface area (Å²) in [5.41, 5.74) is 2.58. The van der Waals surface area contributed by atoms with E-state index in [4.69, 9.17) is 9.47 Å². The Morgan fingerprint density at radius 1 is 0.826 bits per heavy atom. The first kappa shape index (κ1) is 15.7. The van der Waals surface area contributed by atoms with Crippen LogP contribution in [0.25, 0.3) is 0 Å². The molecule has 0 N–H and O–H groups in total. The maximum absolute atomic E-state index is 5.30. The molecule has 23 heavy (non-hydrogen) atoms. The normalized spacial score (nSPS) is 15.5. The van der Waals surface area contributed by atoms with Gasteiger partial charge in [-0.1, -0.05) is 12.1 Å². The molecule has 122 valence electrons. The van der Waals surface area contributed by atoms with Gasteiger partial charge in [0.1, 0.15) is 11.5 Å². The van der Waals surface area contributed by atoms with Crippen molar-refractivity contribution in [3.8, 4) is 11.5 Å². The molecule has 0 aromatic heterocycles. The molecule has 0 aliphatic carbocycles. The van der Waals surface area contributed by atoms with Crippen LogP contribution in [0.2, 0.25) is 0 Å². The molecule has 0 saturated carbocycles. The average molecular weight is 312 g/mol. The lowest BCUT2D eigenvalue weighted by molar-refractivity contribution is 0.249. The van der Waals surface area contributed by atoms with Crippen molar-refractivity contribution in [2.45, 2.75) is 6.54 Å². The Balaban J connectivity index is 1.55. The van der Waals surface area contributed by atoms with Gasteiger partial charge in [0.05, 0.1) is 14.2 Å². The van der Waals surface area contributed by atoms with Gasteiger partial charge < -0.3 is 14.4 Å². The quantitative estimate of drug-likeness (QED) is 0.847. The van der Waals surface area contributed by atoms with Crippen LogP contribution in [0.4, 0.5) is 5.69 Å². The van der Waals surface area contributed by atoms with Gasteiger partial charge in [0.25, 0.3) is 0 Å². The molecular weight excluding hydrogens is 288 g/mol. The highest BCUT2D eigenvalue weighted by atomic mass is 16.5. The van der Waals surface area contributed by atoms with Crippen molar-refractivity contribution in [1.82, 2.24) is 4.90 Å². The Labute approximate surface area is 138 Å². The fourth-order valence-electron chi connectivity index (χ4n) is 2.99. The Kier molecular flexibility index (Phi) is 5.03. The second kappa shape index (κ2) is 7.38. The van der Waals surface area contributed by atoms with Crippen molar-refractivity contribution in [3.63, 3.8) is 0 Å². The number of benzene rings is 2. The van der Waals surface area contributed by atoms with Crippen LogP contribution in [-0.2, 0) is 6.54 Å². The molecule has 0 spiro atoms. The van der Waals surface area contributed by atoms with Gasteiger partial charge in [0, 0.05) is 38.4 Å². The molecule has 1 aliphatic heterocycles. The van der Waals surface area contributed by atoms with Gasteiger partial charge in [-0.05, 0) is 42.0 Å². The van der Waals surface area contributed by atoms with Crippen molar-refractivity contribution in [3.05, 3.63) is 54.1 Å². The van der Waals surface area contributed by atoms with Gasteiger partial charge in [-0.2, -0.15) is 0 Å². The van der Waals surface area contributed by atoms with Crippen molar-refractivity contribution < 1.29 is 9.47 Å². The van der Waals surface area contributed by atoms with Crippen LogP contribution in [0.5, 0.6) is 11.5 Å². The van der Waals surface area contributed by atoms with Gasteiger partial charge in [-0.3, -0.25) is 4.90 Å². The van der Waals surface area contributed by atoms with E-state index in [2.05, 4.69) is 40.1 Å². The molecule has 2 aromatic carbocycles. The lowest BCUT2D eigenvalue weighted by Gasteiger charge is -2.36. The monoisotopic (exact) mass is 312 g/mol. The molecule has 1 fully saturated rings. The second-order valence-electron chi connectivity index (χ2n) is 5.81. The minimum atomic E-state index is 0.908. The van der Waals surface area contributed by atoms with Crippen LogP contribution in [0.3, 0.4) is 0 Å². The highest BCUT2D eigenvalue weighted by molar-refractivity contribution is 5.49. The van der Waals surface area contributed by atoms with E-state index in [9.17, 15) is 0 Å². The number of hydrogen-bond donors (Lipinski definition) is 0. The third-order valence-electron chi connectivity index (χ3n) is 4.35. The summed E-state index contributed by atoms with van der Waals surface area (Å²) < 4.78 is 10.5. The summed E-state index contributed by atoms with van der Waals surface area (Å²) in [5.74, 6) is 1.84. The predicted molar refractivity (Wildman–Crippen MR) is 93.5 cm³/mol. The molecule has 2 aromatic rings. The first-order valence-corrected chi connectivity index (χ1v) is 8.03. The molecular formula is C19H24N2O2. The lowest BCUT2D eigenvalue weighted by Crippen LogP contribution is -2.45. The third-order valence-corrected chi connectivity index (χ3v) is 4.35. The topological polar surface area (TPSA) is 24.9 Å². The summed E-state index contributed by atoms with van der Waals surface area (Å²) in [5, 5.41) is 0. The molecule has 1 saturated heterocycles. The summed E-state index contributed by atoms with van der Waals surface area (Å²) in [6, 6.07) is 16.7. The average Bonchev–Trinajstić information content (AvgIpc) is 2.63. The van der Waals surface area contributed by atoms with Crippen LogP contribution in [0.15, 0.2) is 48.5 Å². The first-order chi connectivity index (χ1) is 11.3. The Hall–Kier alpha value is -2.20. The van der Waals surface area contributed by atoms with Gasteiger partial charge in [-0.25, -0.2) is 0 Å². The van der Waals surface area contributed by atoms with Crippen LogP contribution in [0.1, 0.15) is 5.56 Å². The Morgan fingerprint density at radius 2 is 1.52 bits per heavy atom. The minimum Gasteiger partial charge on any atom is -0.497 e. The summed E-state index contributed by atoms with van der Waals surface area (Å²) in [6.07, 6.45) is 0. The fourth-order valence-corrected chi connectivity index (χ4v) is 2.99. The van der Waals surface area contributed by atoms with E-state index in [1.165, 1.54) is 11.3 Å². The number of rotatable bonds is 5. The summed E-state index contributed by atoms with van der Waals surface area (Å²) in [7, 11) is 3.42. The SMILES string of the molecule is COc1ccc(N2CCN(Cc3cccc(OC)c3)CC2)cc1. The number of ether oxygens (including phenoxy) is 2. The molecule has 0 atom stereocenters. The Bertz CT molecular complexity index is 620. The van der Waals surface area contributed by atoms with Crippen LogP contribution >= 0.6 is 0 Å². The fraction of sp³-hybridized carbons (Fsp3) is 0.368. The molecule has 0 amide bonds. The summed E-state index contributed by atoms with van der Waals surface area (Å²) in [4.78, 5) is 4.93. The standard InChI is InChI=1S/C19H24N2O2/c1-22-18-8-6-17(7-9-18)21-12-10-20(11-13-21)15-16-4-3-5-19(14-16)23-2/h3-9,14H,10-13,15H2,1-2H3. The molecule has 4 nitrogen and oxygen atoms in total. The van der Waals surface area contributed by atoms with Crippen molar-refractivity contribution in [2.75, 3.05) is 45.3 Å². The lowest BCUT2D eigenvalue weighted by atomic mass is 10.1. The van der Waals surface area contributed by atoms with E-state index < -0.39 is 0 Å². The third kappa shape index (κ3) is 3.96. The first-order valence-electron chi connectivity index (χ1n) is 8.03. The van der Waals surface area contributed by atoms with Gasteiger partial charge in [-0.15, -0.1) is 0 Å². The van der Waals surface area contributed by atoms with Crippen LogP contribution < -0.4 is 14.4 Å². The zero-order chi connectivity index (χ0) is 16.1. The molecule has 0 bridgehead atoms. The highest BCUT2D eigenvalue weighted by Crippen LogP contribution is 2.21. The largest absolute Gasteiger partial charge is 0.497 e. The van der Waals surface area contributed by atoms with Gasteiger partial charge in [0.2, 0.25) is 0 Å². The number of nitrogens with zero attached hydrogens (tertiary/aromatic N) is 2. The van der Waals surface area contributed by atoms with E-state index in [1.807, 2.05) is 18.2 Å². The molecule has 1 aliphatic rings. The zero-order valence-corrected chi connectivity index (χ0v) is 13.9. The molecule has 0 radical (unpaired) electrons. The maximum Gasteiger partial charge on any atom is 0.119 e. The zero-order valence-electron chi connectivity index (χ0n) is 13.9. The number of hydrogen-bond acceptors (Lipinski definition) is 4. The van der Waals surface area contributed by atoms with Crippen molar-refractivity contribution >= 4 is 5.69 Å². The van der Waals surface area contributed by atoms with Gasteiger partial charge >= 0.3 is 0 Å². The Morgan fingerprint density at radius 3 is 2.17 bits per heavy atom. The van der Waals surface area contributed by atoms with E-state index in [-0.39, 0.29) is 0 Å². The summed E-state index contributed by atoms with van der Waals surface area (Å²) in [6.45, 7) is 5.23. The van der Waals surface area contributed by atoms with E-state index >= 15 is 0 Å². The van der Waals surface area contributed by atoms with Crippen molar-refractivity contribution in [1.29, 1.82) is 0 Å². The smallest absolute Gasteiger partial charge is 0.119 e. The molecule has 1 heterocycles. The second-order valence-corrected chi connectivity index (χ2v) is 5.81. The predicted octanol–water partition coefficient (Wildman–Crippen LogP) is 3.03. The van der Waals surface area contributed by atoms with Gasteiger partial charge in [0.15, 0.2) is 0 Å².